The third-order valence-corrected chi connectivity index (χ3v) is 3.69. The molecule has 3 N–H and O–H groups in total. The van der Waals surface area contributed by atoms with E-state index in [4.69, 9.17) is 5.73 Å². The molecule has 0 aliphatic carbocycles. The second-order valence-corrected chi connectivity index (χ2v) is 5.13. The number of hydrogen-bond acceptors (Lipinski definition) is 3. The number of carbonyl (C=O) groups is 1. The first kappa shape index (κ1) is 15.1. The lowest BCUT2D eigenvalue weighted by molar-refractivity contribution is 0.0941. The number of hydrogen-bond donors (Lipinski definition) is 2. The van der Waals surface area contributed by atoms with E-state index in [9.17, 15) is 4.79 Å². The summed E-state index contributed by atoms with van der Waals surface area (Å²) in [5, 5.41) is 7.24. The second kappa shape index (κ2) is 6.92. The molecule has 1 aromatic carbocycles. The molecule has 2 rings (SSSR count). The molecule has 0 radical (unpaired) electrons. The minimum absolute atomic E-state index is 0.129. The number of nitrogen functional groups attached to an aromatic ring is 1. The lowest BCUT2D eigenvalue weighted by atomic mass is 10.0. The van der Waals surface area contributed by atoms with Gasteiger partial charge in [-0.2, -0.15) is 5.10 Å². The molecular weight excluding hydrogens is 264 g/mol. The molecule has 0 saturated heterocycles. The number of nitrogens with one attached hydrogen (secondary N) is 1. The Morgan fingerprint density at radius 3 is 2.52 bits per heavy atom. The Morgan fingerprint density at radius 1 is 1.24 bits per heavy atom. The zero-order valence-corrected chi connectivity index (χ0v) is 12.5. The van der Waals surface area contributed by atoms with Gasteiger partial charge in [-0.3, -0.25) is 4.79 Å². The SMILES string of the molecule is CCC(CC)CNC(=O)c1ccn(-c2ccc(N)cc2)n1. The molecule has 0 aliphatic heterocycles. The number of amides is 1. The van der Waals surface area contributed by atoms with E-state index < -0.39 is 0 Å². The summed E-state index contributed by atoms with van der Waals surface area (Å²) in [6.45, 7) is 4.97. The maximum atomic E-state index is 12.1. The van der Waals surface area contributed by atoms with E-state index in [1.807, 2.05) is 24.3 Å². The van der Waals surface area contributed by atoms with Crippen LogP contribution in [0.1, 0.15) is 37.2 Å². The average Bonchev–Trinajstić information content (AvgIpc) is 2.99. The summed E-state index contributed by atoms with van der Waals surface area (Å²) in [6, 6.07) is 9.08. The standard InChI is InChI=1S/C16H22N4O/c1-3-12(4-2)11-18-16(21)15-9-10-20(19-15)14-7-5-13(17)6-8-14/h5-10,12H,3-4,11,17H2,1-2H3,(H,18,21). The number of aromatic nitrogens is 2. The Hall–Kier alpha value is -2.30. The van der Waals surface area contributed by atoms with Crippen LogP contribution in [-0.4, -0.2) is 22.2 Å². The van der Waals surface area contributed by atoms with Gasteiger partial charge in [0.2, 0.25) is 0 Å². The number of benzene rings is 1. The largest absolute Gasteiger partial charge is 0.399 e. The van der Waals surface area contributed by atoms with Crippen LogP contribution in [-0.2, 0) is 0 Å². The van der Waals surface area contributed by atoms with Crippen molar-refractivity contribution in [3.05, 3.63) is 42.2 Å². The van der Waals surface area contributed by atoms with E-state index in [1.165, 1.54) is 0 Å². The van der Waals surface area contributed by atoms with Crippen molar-refractivity contribution in [1.29, 1.82) is 0 Å². The first-order valence-electron chi connectivity index (χ1n) is 7.33. The molecule has 0 unspecified atom stereocenters. The molecule has 0 atom stereocenters. The van der Waals surface area contributed by atoms with E-state index in [1.54, 1.807) is 16.9 Å². The van der Waals surface area contributed by atoms with Crippen molar-refractivity contribution in [2.24, 2.45) is 5.92 Å². The summed E-state index contributed by atoms with van der Waals surface area (Å²) in [5.41, 5.74) is 7.67. The van der Waals surface area contributed by atoms with Gasteiger partial charge in [0.1, 0.15) is 0 Å². The van der Waals surface area contributed by atoms with E-state index in [0.29, 0.717) is 23.8 Å². The molecule has 0 aliphatic rings. The summed E-state index contributed by atoms with van der Waals surface area (Å²) in [7, 11) is 0. The van der Waals surface area contributed by atoms with Crippen molar-refractivity contribution in [2.75, 3.05) is 12.3 Å². The molecule has 0 saturated carbocycles. The Bertz CT molecular complexity index is 585. The fourth-order valence-corrected chi connectivity index (χ4v) is 2.12. The molecule has 1 amide bonds. The van der Waals surface area contributed by atoms with Crippen molar-refractivity contribution in [3.63, 3.8) is 0 Å². The molecule has 1 aromatic heterocycles. The van der Waals surface area contributed by atoms with Crippen LogP contribution >= 0.6 is 0 Å². The van der Waals surface area contributed by atoms with Crippen LogP contribution < -0.4 is 11.1 Å². The van der Waals surface area contributed by atoms with Gasteiger partial charge in [-0.1, -0.05) is 26.7 Å². The number of carbonyl (C=O) groups excluding carboxylic acids is 1. The van der Waals surface area contributed by atoms with Gasteiger partial charge >= 0.3 is 0 Å². The zero-order valence-electron chi connectivity index (χ0n) is 12.5. The molecule has 1 heterocycles. The molecule has 2 aromatic rings. The predicted octanol–water partition coefficient (Wildman–Crippen LogP) is 2.62. The van der Waals surface area contributed by atoms with Crippen LogP contribution in [0.3, 0.4) is 0 Å². The van der Waals surface area contributed by atoms with E-state index in [-0.39, 0.29) is 5.91 Å². The van der Waals surface area contributed by atoms with Crippen molar-refractivity contribution < 1.29 is 4.79 Å². The number of anilines is 1. The van der Waals surface area contributed by atoms with Crippen molar-refractivity contribution >= 4 is 11.6 Å². The fourth-order valence-electron chi connectivity index (χ4n) is 2.12. The van der Waals surface area contributed by atoms with Crippen molar-refractivity contribution in [1.82, 2.24) is 15.1 Å². The van der Waals surface area contributed by atoms with Gasteiger partial charge in [0.25, 0.3) is 5.91 Å². The highest BCUT2D eigenvalue weighted by Gasteiger charge is 2.11. The highest BCUT2D eigenvalue weighted by molar-refractivity contribution is 5.92. The molecule has 0 spiro atoms. The zero-order chi connectivity index (χ0) is 15.2. The van der Waals surface area contributed by atoms with Gasteiger partial charge in [0.05, 0.1) is 5.69 Å². The third kappa shape index (κ3) is 3.84. The summed E-state index contributed by atoms with van der Waals surface area (Å²) in [6.07, 6.45) is 3.91. The topological polar surface area (TPSA) is 72.9 Å². The molecule has 5 heteroatoms. The van der Waals surface area contributed by atoms with Crippen LogP contribution in [0.15, 0.2) is 36.5 Å². The number of nitrogens with zero attached hydrogens (tertiary/aromatic N) is 2. The summed E-state index contributed by atoms with van der Waals surface area (Å²) < 4.78 is 1.67. The van der Waals surface area contributed by atoms with Crippen LogP contribution in [0, 0.1) is 5.92 Å². The van der Waals surface area contributed by atoms with Gasteiger partial charge < -0.3 is 11.1 Å². The van der Waals surface area contributed by atoms with Crippen molar-refractivity contribution in [2.45, 2.75) is 26.7 Å². The Labute approximate surface area is 125 Å². The van der Waals surface area contributed by atoms with E-state index >= 15 is 0 Å². The predicted molar refractivity (Wildman–Crippen MR) is 84.4 cm³/mol. The second-order valence-electron chi connectivity index (χ2n) is 5.13. The minimum atomic E-state index is -0.129. The Balaban J connectivity index is 2.02. The van der Waals surface area contributed by atoms with Crippen LogP contribution in [0.4, 0.5) is 5.69 Å². The minimum Gasteiger partial charge on any atom is -0.399 e. The average molecular weight is 286 g/mol. The van der Waals surface area contributed by atoms with Gasteiger partial charge in [-0.15, -0.1) is 0 Å². The Kier molecular flexibility index (Phi) is 4.98. The molecule has 5 nitrogen and oxygen atoms in total. The summed E-state index contributed by atoms with van der Waals surface area (Å²) in [4.78, 5) is 12.1. The summed E-state index contributed by atoms with van der Waals surface area (Å²) >= 11 is 0. The first-order chi connectivity index (χ1) is 10.1. The van der Waals surface area contributed by atoms with E-state index in [0.717, 1.165) is 18.5 Å². The number of rotatable bonds is 6. The highest BCUT2D eigenvalue weighted by Crippen LogP contribution is 2.11. The van der Waals surface area contributed by atoms with Gasteiger partial charge in [0.15, 0.2) is 5.69 Å². The van der Waals surface area contributed by atoms with Gasteiger partial charge in [-0.05, 0) is 36.2 Å². The Morgan fingerprint density at radius 2 is 1.90 bits per heavy atom. The molecule has 0 bridgehead atoms. The highest BCUT2D eigenvalue weighted by atomic mass is 16.1. The normalized spacial score (nSPS) is 10.8. The lowest BCUT2D eigenvalue weighted by Gasteiger charge is -2.12. The van der Waals surface area contributed by atoms with Gasteiger partial charge in [0, 0.05) is 18.4 Å². The molecule has 112 valence electrons. The van der Waals surface area contributed by atoms with Crippen LogP contribution in [0.5, 0.6) is 0 Å². The molecular formula is C16H22N4O. The van der Waals surface area contributed by atoms with Crippen LogP contribution in [0.25, 0.3) is 5.69 Å². The van der Waals surface area contributed by atoms with Gasteiger partial charge in [-0.25, -0.2) is 4.68 Å². The third-order valence-electron chi connectivity index (χ3n) is 3.69. The molecule has 0 fully saturated rings. The smallest absolute Gasteiger partial charge is 0.271 e. The maximum Gasteiger partial charge on any atom is 0.271 e. The maximum absolute atomic E-state index is 12.1. The first-order valence-corrected chi connectivity index (χ1v) is 7.33. The van der Waals surface area contributed by atoms with Crippen molar-refractivity contribution in [3.8, 4) is 5.69 Å². The number of nitrogens with two attached hydrogens (primary N) is 1. The lowest BCUT2D eigenvalue weighted by Crippen LogP contribution is -2.29. The quantitative estimate of drug-likeness (QED) is 0.802. The van der Waals surface area contributed by atoms with Crippen LogP contribution in [0.2, 0.25) is 0 Å². The summed E-state index contributed by atoms with van der Waals surface area (Å²) in [5.74, 6) is 0.393. The monoisotopic (exact) mass is 286 g/mol. The molecule has 21 heavy (non-hydrogen) atoms. The van der Waals surface area contributed by atoms with E-state index in [2.05, 4.69) is 24.3 Å². The fraction of sp³-hybridized carbons (Fsp3) is 0.375.